The predicted molar refractivity (Wildman–Crippen MR) is 79.2 cm³/mol. The van der Waals surface area contributed by atoms with Gasteiger partial charge in [0.2, 0.25) is 5.95 Å². The fraction of sp³-hybridized carbons (Fsp3) is 0.133. The summed E-state index contributed by atoms with van der Waals surface area (Å²) in [5, 5.41) is 2.56. The highest BCUT2D eigenvalue weighted by atomic mass is 16.5. The van der Waals surface area contributed by atoms with Crippen LogP contribution >= 0.6 is 0 Å². The normalized spacial score (nSPS) is 10.4. The number of hydrogen-bond donors (Lipinski definition) is 1. The predicted octanol–water partition coefficient (Wildman–Crippen LogP) is 2.15. The molecule has 1 heterocycles. The molecular formula is C15H15N3O3. The van der Waals surface area contributed by atoms with E-state index in [1.807, 2.05) is 6.07 Å². The van der Waals surface area contributed by atoms with E-state index in [9.17, 15) is 4.79 Å². The molecule has 21 heavy (non-hydrogen) atoms. The Labute approximate surface area is 122 Å². The molecule has 0 spiro atoms. The van der Waals surface area contributed by atoms with Crippen molar-refractivity contribution in [2.24, 2.45) is 0 Å². The average Bonchev–Trinajstić information content (AvgIpc) is 2.53. The van der Waals surface area contributed by atoms with Crippen molar-refractivity contribution in [3.8, 4) is 11.5 Å². The van der Waals surface area contributed by atoms with Crippen LogP contribution in [-0.4, -0.2) is 30.1 Å². The van der Waals surface area contributed by atoms with Gasteiger partial charge in [-0.2, -0.15) is 0 Å². The Bertz CT molecular complexity index is 642. The van der Waals surface area contributed by atoms with Crippen molar-refractivity contribution in [1.82, 2.24) is 9.97 Å². The van der Waals surface area contributed by atoms with E-state index in [1.54, 1.807) is 50.9 Å². The van der Waals surface area contributed by atoms with Gasteiger partial charge in [0.05, 0.1) is 14.2 Å². The first-order valence-corrected chi connectivity index (χ1v) is 6.21. The van der Waals surface area contributed by atoms with Gasteiger partial charge in [-0.05, 0) is 29.8 Å². The molecule has 108 valence electrons. The van der Waals surface area contributed by atoms with Gasteiger partial charge in [-0.15, -0.1) is 0 Å². The molecule has 2 aromatic rings. The Morgan fingerprint density at radius 2 is 1.86 bits per heavy atom. The Balaban J connectivity index is 2.05. The van der Waals surface area contributed by atoms with Gasteiger partial charge in [-0.1, -0.05) is 6.07 Å². The number of aromatic nitrogens is 2. The Morgan fingerprint density at radius 1 is 1.14 bits per heavy atom. The van der Waals surface area contributed by atoms with Gasteiger partial charge in [-0.3, -0.25) is 10.1 Å². The van der Waals surface area contributed by atoms with Gasteiger partial charge in [-0.25, -0.2) is 9.97 Å². The number of nitrogens with zero attached hydrogens (tertiary/aromatic N) is 2. The minimum absolute atomic E-state index is 0.263. The van der Waals surface area contributed by atoms with Crippen LogP contribution in [0.25, 0.3) is 6.08 Å². The Morgan fingerprint density at radius 3 is 2.52 bits per heavy atom. The van der Waals surface area contributed by atoms with Crippen LogP contribution in [0.15, 0.2) is 42.7 Å². The monoisotopic (exact) mass is 285 g/mol. The first-order chi connectivity index (χ1) is 10.2. The third-order valence-electron chi connectivity index (χ3n) is 2.64. The van der Waals surface area contributed by atoms with Crippen molar-refractivity contribution < 1.29 is 14.3 Å². The SMILES string of the molecule is COc1ccc(/C=C/C(=O)Nc2ncccn2)cc1OC. The molecule has 0 atom stereocenters. The summed E-state index contributed by atoms with van der Waals surface area (Å²) in [4.78, 5) is 19.6. The largest absolute Gasteiger partial charge is 0.493 e. The average molecular weight is 285 g/mol. The number of carbonyl (C=O) groups excluding carboxylic acids is 1. The number of ether oxygens (including phenoxy) is 2. The van der Waals surface area contributed by atoms with Crippen molar-refractivity contribution in [3.05, 3.63) is 48.3 Å². The quantitative estimate of drug-likeness (QED) is 0.852. The molecule has 0 aliphatic heterocycles. The zero-order valence-electron chi connectivity index (χ0n) is 11.7. The number of methoxy groups -OCH3 is 2. The minimum Gasteiger partial charge on any atom is -0.493 e. The molecule has 0 bridgehead atoms. The van der Waals surface area contributed by atoms with Gasteiger partial charge in [0.1, 0.15) is 0 Å². The molecule has 0 aliphatic rings. The molecular weight excluding hydrogens is 270 g/mol. The second-order valence-electron chi connectivity index (χ2n) is 4.01. The Hall–Kier alpha value is -2.89. The van der Waals surface area contributed by atoms with Crippen LogP contribution in [0.5, 0.6) is 11.5 Å². The number of anilines is 1. The number of carbonyl (C=O) groups is 1. The van der Waals surface area contributed by atoms with Crippen LogP contribution in [0.2, 0.25) is 0 Å². The summed E-state index contributed by atoms with van der Waals surface area (Å²) in [5.74, 6) is 1.19. The molecule has 1 aromatic heterocycles. The van der Waals surface area contributed by atoms with E-state index in [0.717, 1.165) is 5.56 Å². The van der Waals surface area contributed by atoms with Crippen molar-refractivity contribution in [1.29, 1.82) is 0 Å². The molecule has 2 rings (SSSR count). The second-order valence-corrected chi connectivity index (χ2v) is 4.01. The van der Waals surface area contributed by atoms with Crippen molar-refractivity contribution in [2.75, 3.05) is 19.5 Å². The maximum Gasteiger partial charge on any atom is 0.250 e. The molecule has 0 unspecified atom stereocenters. The maximum atomic E-state index is 11.7. The lowest BCUT2D eigenvalue weighted by Crippen LogP contribution is -2.10. The van der Waals surface area contributed by atoms with Crippen molar-refractivity contribution >= 4 is 17.9 Å². The van der Waals surface area contributed by atoms with E-state index in [1.165, 1.54) is 6.08 Å². The molecule has 0 aliphatic carbocycles. The fourth-order valence-electron chi connectivity index (χ4n) is 1.64. The van der Waals surface area contributed by atoms with Crippen LogP contribution in [0.4, 0.5) is 5.95 Å². The highest BCUT2D eigenvalue weighted by Gasteiger charge is 2.03. The molecule has 0 radical (unpaired) electrons. The van der Waals surface area contributed by atoms with E-state index in [2.05, 4.69) is 15.3 Å². The number of rotatable bonds is 5. The smallest absolute Gasteiger partial charge is 0.250 e. The zero-order valence-corrected chi connectivity index (χ0v) is 11.7. The second kappa shape index (κ2) is 7.04. The summed E-state index contributed by atoms with van der Waals surface area (Å²) in [6, 6.07) is 7.05. The maximum absolute atomic E-state index is 11.7. The van der Waals surface area contributed by atoms with Crippen molar-refractivity contribution in [2.45, 2.75) is 0 Å². The number of hydrogen-bond acceptors (Lipinski definition) is 5. The lowest BCUT2D eigenvalue weighted by atomic mass is 10.2. The fourth-order valence-corrected chi connectivity index (χ4v) is 1.64. The number of nitrogens with one attached hydrogen (secondary N) is 1. The van der Waals surface area contributed by atoms with Gasteiger partial charge < -0.3 is 9.47 Å². The summed E-state index contributed by atoms with van der Waals surface area (Å²) in [7, 11) is 3.13. The highest BCUT2D eigenvalue weighted by Crippen LogP contribution is 2.27. The van der Waals surface area contributed by atoms with Crippen LogP contribution in [-0.2, 0) is 4.79 Å². The summed E-state index contributed by atoms with van der Waals surface area (Å²) in [6.07, 6.45) is 6.18. The van der Waals surface area contributed by atoms with Gasteiger partial charge in [0.25, 0.3) is 5.91 Å². The van der Waals surface area contributed by atoms with E-state index >= 15 is 0 Å². The van der Waals surface area contributed by atoms with E-state index in [0.29, 0.717) is 11.5 Å². The third kappa shape index (κ3) is 4.04. The van der Waals surface area contributed by atoms with Gasteiger partial charge >= 0.3 is 0 Å². The molecule has 0 fully saturated rings. The standard InChI is InChI=1S/C15H15N3O3/c1-20-12-6-4-11(10-13(12)21-2)5-7-14(19)18-15-16-8-3-9-17-15/h3-10H,1-2H3,(H,16,17,18,19)/b7-5+. The van der Waals surface area contributed by atoms with Crippen LogP contribution in [0.3, 0.4) is 0 Å². The van der Waals surface area contributed by atoms with Gasteiger partial charge in [0, 0.05) is 18.5 Å². The molecule has 6 nitrogen and oxygen atoms in total. The van der Waals surface area contributed by atoms with Crippen LogP contribution in [0.1, 0.15) is 5.56 Å². The molecule has 6 heteroatoms. The van der Waals surface area contributed by atoms with E-state index < -0.39 is 0 Å². The Kier molecular flexibility index (Phi) is 4.87. The lowest BCUT2D eigenvalue weighted by Gasteiger charge is -2.07. The van der Waals surface area contributed by atoms with Gasteiger partial charge in [0.15, 0.2) is 11.5 Å². The third-order valence-corrected chi connectivity index (χ3v) is 2.64. The topological polar surface area (TPSA) is 73.3 Å². The van der Waals surface area contributed by atoms with Crippen LogP contribution < -0.4 is 14.8 Å². The zero-order chi connectivity index (χ0) is 15.1. The van der Waals surface area contributed by atoms with E-state index in [-0.39, 0.29) is 11.9 Å². The summed E-state index contributed by atoms with van der Waals surface area (Å²) < 4.78 is 10.4. The molecule has 0 saturated carbocycles. The number of benzene rings is 1. The minimum atomic E-state index is -0.309. The summed E-state index contributed by atoms with van der Waals surface area (Å²) >= 11 is 0. The first kappa shape index (κ1) is 14.5. The van der Waals surface area contributed by atoms with Crippen molar-refractivity contribution in [3.63, 3.8) is 0 Å². The molecule has 1 amide bonds. The first-order valence-electron chi connectivity index (χ1n) is 6.21. The van der Waals surface area contributed by atoms with Crippen LogP contribution in [0, 0.1) is 0 Å². The summed E-state index contributed by atoms with van der Waals surface area (Å²) in [5.41, 5.74) is 0.816. The molecule has 0 saturated heterocycles. The molecule has 1 N–H and O–H groups in total. The molecule has 1 aromatic carbocycles. The summed E-state index contributed by atoms with van der Waals surface area (Å²) in [6.45, 7) is 0. The lowest BCUT2D eigenvalue weighted by molar-refractivity contribution is -0.111. The van der Waals surface area contributed by atoms with E-state index in [4.69, 9.17) is 9.47 Å². The highest BCUT2D eigenvalue weighted by molar-refractivity contribution is 6.00. The number of amides is 1.